The normalized spacial score (nSPS) is 25.1. The quantitative estimate of drug-likeness (QED) is 0.123. The van der Waals surface area contributed by atoms with Crippen LogP contribution in [0.5, 0.6) is 5.75 Å². The molecule has 4 aliphatic rings. The standard InChI is InChI=1S/C48H69N7O6/c1-29-39-24-35(48(39,3)4)25-40(29)51-46(59)43-42(30(2)57)41(28-56)61-55(43)27-32-18-15-19-38(44(32)60-11)33-21-34(23-37(22-33)52(5)6)45(58)50-36(20-31-16-13-12-14-17-31)26-49-47(53(7)8)54(9)10/h12-19,21-23,29-30,35-36,39-43,56-57H,20,24-28H2,1-11H3,(H,50,58)(H,51,59)/t29-,30-,35+,36-,39-,40-,41-,42+,43-/m0/s1. The number of nitrogens with one attached hydrogen (secondary N) is 2. The number of aliphatic imine (C=N–C) groups is 1. The van der Waals surface area contributed by atoms with E-state index in [9.17, 15) is 19.8 Å². The molecular weight excluding hydrogens is 771 g/mol. The number of hydrogen-bond donors (Lipinski definition) is 4. The van der Waals surface area contributed by atoms with Gasteiger partial charge < -0.3 is 40.3 Å². The van der Waals surface area contributed by atoms with Crippen molar-refractivity contribution in [2.24, 2.45) is 34.1 Å². The Hall–Kier alpha value is -4.69. The zero-order valence-electron chi connectivity index (χ0n) is 38.1. The minimum absolute atomic E-state index is 0.0251. The van der Waals surface area contributed by atoms with E-state index in [-0.39, 0.29) is 42.5 Å². The van der Waals surface area contributed by atoms with Gasteiger partial charge in [-0.05, 0) is 78.7 Å². The molecule has 13 nitrogen and oxygen atoms in total. The van der Waals surface area contributed by atoms with Gasteiger partial charge in [0.15, 0.2) is 5.96 Å². The molecule has 9 atom stereocenters. The van der Waals surface area contributed by atoms with Gasteiger partial charge in [0.05, 0.1) is 39.0 Å². The van der Waals surface area contributed by atoms with Crippen LogP contribution >= 0.6 is 0 Å². The summed E-state index contributed by atoms with van der Waals surface area (Å²) in [6, 6.07) is 20.6. The topological polar surface area (TPSA) is 142 Å². The van der Waals surface area contributed by atoms with Crippen LogP contribution in [-0.4, -0.2) is 136 Å². The molecule has 332 valence electrons. The summed E-state index contributed by atoms with van der Waals surface area (Å²) >= 11 is 0. The van der Waals surface area contributed by atoms with Crippen molar-refractivity contribution in [3.63, 3.8) is 0 Å². The highest BCUT2D eigenvalue weighted by Crippen LogP contribution is 2.61. The lowest BCUT2D eigenvalue weighted by molar-refractivity contribution is -0.183. The third-order valence-electron chi connectivity index (χ3n) is 13.6. The lowest BCUT2D eigenvalue weighted by Crippen LogP contribution is -2.62. The second-order valence-electron chi connectivity index (χ2n) is 18.7. The molecule has 4 N–H and O–H groups in total. The highest BCUT2D eigenvalue weighted by atomic mass is 16.7. The van der Waals surface area contributed by atoms with Crippen molar-refractivity contribution in [1.29, 1.82) is 0 Å². The second kappa shape index (κ2) is 19.1. The van der Waals surface area contributed by atoms with Crippen molar-refractivity contribution in [2.75, 3.05) is 67.4 Å². The number of carbonyl (C=O) groups excluding carboxylic acids is 2. The summed E-state index contributed by atoms with van der Waals surface area (Å²) in [7, 11) is 13.3. The lowest BCUT2D eigenvalue weighted by atomic mass is 9.45. The maximum absolute atomic E-state index is 14.4. The number of hydroxylamine groups is 2. The first kappa shape index (κ1) is 45.8. The summed E-state index contributed by atoms with van der Waals surface area (Å²) in [4.78, 5) is 45.8. The number of amides is 2. The van der Waals surface area contributed by atoms with E-state index in [0.717, 1.165) is 40.3 Å². The molecule has 0 unspecified atom stereocenters. The maximum atomic E-state index is 14.4. The number of ether oxygens (including phenoxy) is 1. The highest BCUT2D eigenvalue weighted by molar-refractivity contribution is 5.97. The molecular formula is C48H69N7O6. The van der Waals surface area contributed by atoms with Crippen molar-refractivity contribution in [1.82, 2.24) is 25.5 Å². The number of aliphatic hydroxyl groups excluding tert-OH is 2. The van der Waals surface area contributed by atoms with Crippen LogP contribution in [-0.2, 0) is 22.6 Å². The van der Waals surface area contributed by atoms with Crippen LogP contribution in [0.2, 0.25) is 0 Å². The molecule has 1 heterocycles. The van der Waals surface area contributed by atoms with Crippen molar-refractivity contribution in [3.8, 4) is 16.9 Å². The monoisotopic (exact) mass is 840 g/mol. The molecule has 0 aromatic heterocycles. The number of para-hydroxylation sites is 1. The van der Waals surface area contributed by atoms with E-state index in [1.807, 2.05) is 112 Å². The number of benzene rings is 3. The largest absolute Gasteiger partial charge is 0.496 e. The molecule has 3 saturated carbocycles. The number of fused-ring (bicyclic) bond motifs is 2. The van der Waals surface area contributed by atoms with Gasteiger partial charge in [-0.25, -0.2) is 0 Å². The Morgan fingerprint density at radius 3 is 2.30 bits per heavy atom. The van der Waals surface area contributed by atoms with Gasteiger partial charge in [0, 0.05) is 76.6 Å². The van der Waals surface area contributed by atoms with E-state index in [1.54, 1.807) is 19.1 Å². The van der Waals surface area contributed by atoms with Gasteiger partial charge >= 0.3 is 0 Å². The molecule has 61 heavy (non-hydrogen) atoms. The number of rotatable bonds is 15. The third kappa shape index (κ3) is 9.85. The average Bonchev–Trinajstić information content (AvgIpc) is 3.59. The smallest absolute Gasteiger partial charge is 0.251 e. The van der Waals surface area contributed by atoms with E-state index in [0.29, 0.717) is 42.0 Å². The molecule has 0 spiro atoms. The van der Waals surface area contributed by atoms with Crippen LogP contribution in [0.25, 0.3) is 11.1 Å². The predicted octanol–water partition coefficient (Wildman–Crippen LogP) is 4.91. The van der Waals surface area contributed by atoms with Gasteiger partial charge in [0.25, 0.3) is 5.91 Å². The zero-order chi connectivity index (χ0) is 44.3. The fourth-order valence-electron chi connectivity index (χ4n) is 10.2. The Morgan fingerprint density at radius 2 is 1.70 bits per heavy atom. The minimum atomic E-state index is -0.914. The molecule has 3 aromatic rings. The van der Waals surface area contributed by atoms with E-state index in [1.165, 1.54) is 6.42 Å². The van der Waals surface area contributed by atoms with Gasteiger partial charge in [-0.2, -0.15) is 5.06 Å². The van der Waals surface area contributed by atoms with Crippen molar-refractivity contribution in [2.45, 2.75) is 83.8 Å². The predicted molar refractivity (Wildman–Crippen MR) is 241 cm³/mol. The number of guanidine groups is 1. The van der Waals surface area contributed by atoms with Crippen molar-refractivity contribution < 1.29 is 29.4 Å². The molecule has 3 aliphatic carbocycles. The number of hydrogen-bond acceptors (Lipinski definition) is 9. The average molecular weight is 840 g/mol. The van der Waals surface area contributed by atoms with Crippen LogP contribution in [0.15, 0.2) is 71.7 Å². The SMILES string of the molecule is COc1c(CN2O[C@@H](CO)[C@@H]([C@H](C)O)[C@H]2C(=O)N[C@H]2C[C@H]3C[C@@H]([C@@H]2C)C3(C)C)cccc1-c1cc(C(=O)N[C@H](CN=C(N(C)C)N(C)C)Cc2ccccc2)cc(N(C)C)c1. The molecule has 2 amide bonds. The summed E-state index contributed by atoms with van der Waals surface area (Å²) in [5, 5.41) is 29.7. The number of anilines is 1. The fraction of sp³-hybridized carbons (Fsp3) is 0.562. The Morgan fingerprint density at radius 1 is 1.00 bits per heavy atom. The fourth-order valence-corrected chi connectivity index (χ4v) is 10.2. The third-order valence-corrected chi connectivity index (χ3v) is 13.6. The Kier molecular flexibility index (Phi) is 14.4. The maximum Gasteiger partial charge on any atom is 0.251 e. The molecule has 13 heteroatoms. The lowest BCUT2D eigenvalue weighted by Gasteiger charge is -2.62. The van der Waals surface area contributed by atoms with E-state index in [4.69, 9.17) is 14.6 Å². The molecule has 3 aromatic carbocycles. The van der Waals surface area contributed by atoms with Crippen molar-refractivity contribution >= 4 is 23.5 Å². The summed E-state index contributed by atoms with van der Waals surface area (Å²) < 4.78 is 6.14. The Labute approximate surface area is 363 Å². The number of carbonyl (C=O) groups is 2. The van der Waals surface area contributed by atoms with Crippen LogP contribution in [0.1, 0.15) is 62.0 Å². The summed E-state index contributed by atoms with van der Waals surface area (Å²) in [6.07, 6.45) is 1.03. The molecule has 0 radical (unpaired) electrons. The first-order valence-corrected chi connectivity index (χ1v) is 21.7. The van der Waals surface area contributed by atoms with Crippen molar-refractivity contribution in [3.05, 3.63) is 83.4 Å². The molecule has 2 bridgehead atoms. The van der Waals surface area contributed by atoms with Gasteiger partial charge in [0.2, 0.25) is 5.91 Å². The molecule has 1 saturated heterocycles. The van der Waals surface area contributed by atoms with Gasteiger partial charge in [0.1, 0.15) is 17.9 Å². The first-order valence-electron chi connectivity index (χ1n) is 21.7. The summed E-state index contributed by atoms with van der Waals surface area (Å²) in [5.74, 6) is 1.70. The van der Waals surface area contributed by atoms with E-state index < -0.39 is 24.2 Å². The van der Waals surface area contributed by atoms with E-state index in [2.05, 4.69) is 43.5 Å². The van der Waals surface area contributed by atoms with Crippen LogP contribution in [0.4, 0.5) is 5.69 Å². The van der Waals surface area contributed by atoms with Crippen LogP contribution in [0, 0.1) is 29.1 Å². The van der Waals surface area contributed by atoms with E-state index >= 15 is 0 Å². The molecule has 1 aliphatic heterocycles. The second-order valence-corrected chi connectivity index (χ2v) is 18.7. The molecule has 4 fully saturated rings. The Bertz CT molecular complexity index is 2010. The van der Waals surface area contributed by atoms with Gasteiger partial charge in [-0.3, -0.25) is 19.4 Å². The summed E-state index contributed by atoms with van der Waals surface area (Å²) in [6.45, 7) is 8.74. The van der Waals surface area contributed by atoms with Gasteiger partial charge in [-0.15, -0.1) is 0 Å². The first-order chi connectivity index (χ1) is 28.9. The number of methoxy groups -OCH3 is 1. The number of nitrogens with zero attached hydrogens (tertiary/aromatic N) is 5. The van der Waals surface area contributed by atoms with Crippen LogP contribution < -0.4 is 20.3 Å². The zero-order valence-corrected chi connectivity index (χ0v) is 38.1. The summed E-state index contributed by atoms with van der Waals surface area (Å²) in [5.41, 5.74) is 4.96. The highest BCUT2D eigenvalue weighted by Gasteiger charge is 2.57. The number of aliphatic hydroxyl groups is 2. The Balaban J connectivity index is 1.29. The minimum Gasteiger partial charge on any atom is -0.496 e. The van der Waals surface area contributed by atoms with Gasteiger partial charge in [-0.1, -0.05) is 69.3 Å². The van der Waals surface area contributed by atoms with Crippen LogP contribution in [0.3, 0.4) is 0 Å². The molecule has 7 rings (SSSR count).